The quantitative estimate of drug-likeness (QED) is 0.654. The molecular formula is C16H15NO. The van der Waals surface area contributed by atoms with Crippen molar-refractivity contribution in [1.29, 1.82) is 0 Å². The lowest BCUT2D eigenvalue weighted by Gasteiger charge is -2.11. The predicted molar refractivity (Wildman–Crippen MR) is 74.6 cm³/mol. The fourth-order valence-electron chi connectivity index (χ4n) is 2.41. The third-order valence-corrected chi connectivity index (χ3v) is 3.28. The number of hydrogen-bond donors (Lipinski definition) is 1. The van der Waals surface area contributed by atoms with Crippen molar-refractivity contribution in [3.63, 3.8) is 0 Å². The predicted octanol–water partition coefficient (Wildman–Crippen LogP) is 3.75. The summed E-state index contributed by atoms with van der Waals surface area (Å²) in [5.74, 6) is 0. The largest absolute Gasteiger partial charge is 0.387 e. The summed E-state index contributed by atoms with van der Waals surface area (Å²) >= 11 is 0. The Balaban J connectivity index is 2.53. The van der Waals surface area contributed by atoms with Crippen LogP contribution in [-0.2, 0) is 0 Å². The number of aliphatic hydroxyl groups excluding tert-OH is 1. The van der Waals surface area contributed by atoms with Crippen LogP contribution in [0.25, 0.3) is 21.7 Å². The van der Waals surface area contributed by atoms with E-state index in [-0.39, 0.29) is 0 Å². The zero-order chi connectivity index (χ0) is 12.7. The van der Waals surface area contributed by atoms with Crippen molar-refractivity contribution in [2.45, 2.75) is 20.0 Å². The van der Waals surface area contributed by atoms with Crippen LogP contribution in [-0.4, -0.2) is 10.1 Å². The second-order valence-electron chi connectivity index (χ2n) is 4.74. The Kier molecular flexibility index (Phi) is 2.53. The van der Waals surface area contributed by atoms with E-state index >= 15 is 0 Å². The van der Waals surface area contributed by atoms with E-state index < -0.39 is 6.10 Å². The molecule has 0 amide bonds. The van der Waals surface area contributed by atoms with Crippen LogP contribution < -0.4 is 0 Å². The van der Waals surface area contributed by atoms with E-state index in [0.29, 0.717) is 0 Å². The van der Waals surface area contributed by atoms with Gasteiger partial charge < -0.3 is 5.11 Å². The Morgan fingerprint density at radius 2 is 1.72 bits per heavy atom. The molecule has 0 fully saturated rings. The molecule has 2 aromatic carbocycles. The van der Waals surface area contributed by atoms with Gasteiger partial charge in [-0.15, -0.1) is 0 Å². The summed E-state index contributed by atoms with van der Waals surface area (Å²) in [4.78, 5) is 4.59. The lowest BCUT2D eigenvalue weighted by molar-refractivity contribution is 0.196. The number of benzene rings is 2. The summed E-state index contributed by atoms with van der Waals surface area (Å²) in [5.41, 5.74) is 2.91. The van der Waals surface area contributed by atoms with Gasteiger partial charge in [-0.05, 0) is 31.4 Å². The van der Waals surface area contributed by atoms with Crippen molar-refractivity contribution in [3.05, 3.63) is 53.7 Å². The van der Waals surface area contributed by atoms with Crippen molar-refractivity contribution >= 4 is 21.7 Å². The van der Waals surface area contributed by atoms with Crippen LogP contribution in [0.5, 0.6) is 0 Å². The highest BCUT2D eigenvalue weighted by Crippen LogP contribution is 2.29. The summed E-state index contributed by atoms with van der Waals surface area (Å²) in [6.07, 6.45) is -0.555. The Morgan fingerprint density at radius 3 is 2.44 bits per heavy atom. The third-order valence-electron chi connectivity index (χ3n) is 3.28. The van der Waals surface area contributed by atoms with Gasteiger partial charge in [-0.25, -0.2) is 4.98 Å². The summed E-state index contributed by atoms with van der Waals surface area (Å²) in [5, 5.41) is 13.2. The number of aliphatic hydroxyl groups is 1. The lowest BCUT2D eigenvalue weighted by Crippen LogP contribution is -1.98. The van der Waals surface area contributed by atoms with E-state index in [1.807, 2.05) is 24.3 Å². The van der Waals surface area contributed by atoms with Gasteiger partial charge in [-0.3, -0.25) is 0 Å². The molecule has 1 aromatic heterocycles. The average molecular weight is 237 g/mol. The van der Waals surface area contributed by atoms with E-state index in [1.165, 1.54) is 5.56 Å². The highest BCUT2D eigenvalue weighted by molar-refractivity contribution is 6.06. The molecular weight excluding hydrogens is 222 g/mol. The smallest absolute Gasteiger partial charge is 0.0938 e. The molecule has 2 nitrogen and oxygen atoms in total. The minimum Gasteiger partial charge on any atom is -0.387 e. The monoisotopic (exact) mass is 237 g/mol. The maximum absolute atomic E-state index is 9.87. The van der Waals surface area contributed by atoms with Crippen LogP contribution in [0.2, 0.25) is 0 Å². The van der Waals surface area contributed by atoms with Crippen molar-refractivity contribution in [1.82, 2.24) is 4.98 Å². The van der Waals surface area contributed by atoms with Crippen molar-refractivity contribution < 1.29 is 5.11 Å². The van der Waals surface area contributed by atoms with E-state index in [9.17, 15) is 5.11 Å². The molecule has 0 spiro atoms. The molecule has 0 aliphatic carbocycles. The van der Waals surface area contributed by atoms with Crippen LogP contribution in [0.1, 0.15) is 24.3 Å². The molecule has 1 N–H and O–H groups in total. The fourth-order valence-corrected chi connectivity index (χ4v) is 2.41. The van der Waals surface area contributed by atoms with Gasteiger partial charge in [0.25, 0.3) is 0 Å². The number of fused-ring (bicyclic) bond motifs is 3. The molecule has 1 atom stereocenters. The number of hydrogen-bond acceptors (Lipinski definition) is 2. The average Bonchev–Trinajstić information content (AvgIpc) is 2.37. The SMILES string of the molecule is Cc1ccc2nc([C@H](C)O)c3ccccc3c2c1. The molecule has 0 bridgehead atoms. The van der Waals surface area contributed by atoms with Gasteiger partial charge in [0.05, 0.1) is 17.3 Å². The Morgan fingerprint density at radius 1 is 1.00 bits per heavy atom. The van der Waals surface area contributed by atoms with Gasteiger partial charge in [0.15, 0.2) is 0 Å². The van der Waals surface area contributed by atoms with Gasteiger partial charge in [0.2, 0.25) is 0 Å². The highest BCUT2D eigenvalue weighted by atomic mass is 16.3. The summed E-state index contributed by atoms with van der Waals surface area (Å²) in [7, 11) is 0. The Bertz CT molecular complexity index is 732. The first-order valence-corrected chi connectivity index (χ1v) is 6.14. The lowest BCUT2D eigenvalue weighted by atomic mass is 10.0. The first kappa shape index (κ1) is 11.2. The molecule has 0 saturated heterocycles. The highest BCUT2D eigenvalue weighted by Gasteiger charge is 2.11. The van der Waals surface area contributed by atoms with Crippen LogP contribution in [0, 0.1) is 6.92 Å². The maximum atomic E-state index is 9.87. The van der Waals surface area contributed by atoms with Gasteiger partial charge >= 0.3 is 0 Å². The number of aryl methyl sites for hydroxylation is 1. The Hall–Kier alpha value is -1.93. The zero-order valence-electron chi connectivity index (χ0n) is 10.5. The molecule has 0 aliphatic rings. The molecule has 18 heavy (non-hydrogen) atoms. The topological polar surface area (TPSA) is 33.1 Å². The minimum atomic E-state index is -0.555. The molecule has 3 rings (SSSR count). The standard InChI is InChI=1S/C16H15NO/c1-10-7-8-15-14(9-10)12-5-3-4-6-13(12)16(17-15)11(2)18/h3-9,11,18H,1-2H3/t11-/m0/s1. The van der Waals surface area contributed by atoms with Crippen molar-refractivity contribution in [3.8, 4) is 0 Å². The van der Waals surface area contributed by atoms with Crippen LogP contribution in [0.15, 0.2) is 42.5 Å². The first-order chi connectivity index (χ1) is 8.66. The second kappa shape index (κ2) is 4.07. The molecule has 1 heterocycles. The van der Waals surface area contributed by atoms with E-state index in [4.69, 9.17) is 0 Å². The number of rotatable bonds is 1. The summed E-state index contributed by atoms with van der Waals surface area (Å²) < 4.78 is 0. The fraction of sp³-hybridized carbons (Fsp3) is 0.188. The van der Waals surface area contributed by atoms with Crippen LogP contribution >= 0.6 is 0 Å². The molecule has 90 valence electrons. The number of pyridine rings is 1. The second-order valence-corrected chi connectivity index (χ2v) is 4.74. The van der Waals surface area contributed by atoms with E-state index in [1.54, 1.807) is 6.92 Å². The molecule has 0 saturated carbocycles. The number of aromatic nitrogens is 1. The molecule has 0 radical (unpaired) electrons. The minimum absolute atomic E-state index is 0.555. The van der Waals surface area contributed by atoms with Gasteiger partial charge in [-0.2, -0.15) is 0 Å². The third kappa shape index (κ3) is 1.66. The Labute approximate surface area is 106 Å². The van der Waals surface area contributed by atoms with Gasteiger partial charge in [0, 0.05) is 10.8 Å². The van der Waals surface area contributed by atoms with Crippen LogP contribution in [0.4, 0.5) is 0 Å². The van der Waals surface area contributed by atoms with Gasteiger partial charge in [0.1, 0.15) is 0 Å². The van der Waals surface area contributed by atoms with Crippen LogP contribution in [0.3, 0.4) is 0 Å². The van der Waals surface area contributed by atoms with Crippen molar-refractivity contribution in [2.75, 3.05) is 0 Å². The molecule has 2 heteroatoms. The van der Waals surface area contributed by atoms with Crippen molar-refractivity contribution in [2.24, 2.45) is 0 Å². The summed E-state index contributed by atoms with van der Waals surface area (Å²) in [6, 6.07) is 14.3. The maximum Gasteiger partial charge on any atom is 0.0938 e. The number of nitrogens with zero attached hydrogens (tertiary/aromatic N) is 1. The van der Waals surface area contributed by atoms with E-state index in [0.717, 1.165) is 27.4 Å². The van der Waals surface area contributed by atoms with E-state index in [2.05, 4.69) is 30.1 Å². The van der Waals surface area contributed by atoms with Gasteiger partial charge in [-0.1, -0.05) is 35.9 Å². The molecule has 0 unspecified atom stereocenters. The molecule has 0 aliphatic heterocycles. The first-order valence-electron chi connectivity index (χ1n) is 6.14. The zero-order valence-corrected chi connectivity index (χ0v) is 10.5. The molecule has 3 aromatic rings. The summed E-state index contributed by atoms with van der Waals surface area (Å²) in [6.45, 7) is 3.84. The normalized spacial score (nSPS) is 13.1.